The van der Waals surface area contributed by atoms with Crippen LogP contribution in [-0.4, -0.2) is 67.9 Å². The van der Waals surface area contributed by atoms with Crippen LogP contribution in [0.25, 0.3) is 0 Å². The Labute approximate surface area is 203 Å². The van der Waals surface area contributed by atoms with Crippen molar-refractivity contribution < 1.29 is 24.9 Å². The fraction of sp³-hybridized carbons (Fsp3) is 0.536. The van der Waals surface area contributed by atoms with E-state index >= 15 is 0 Å². The zero-order valence-electron chi connectivity index (χ0n) is 19.6. The Morgan fingerprint density at radius 1 is 1.09 bits per heavy atom. The molecule has 7 nitrogen and oxygen atoms in total. The van der Waals surface area contributed by atoms with Gasteiger partial charge in [0.15, 0.2) is 17.7 Å². The van der Waals surface area contributed by atoms with E-state index in [9.17, 15) is 20.1 Å². The Kier molecular flexibility index (Phi) is 3.87. The zero-order chi connectivity index (χ0) is 23.7. The molecular weight excluding hydrogens is 444 g/mol. The number of nitrogens with zero attached hydrogens (tertiary/aromatic N) is 2. The molecule has 182 valence electrons. The van der Waals surface area contributed by atoms with Crippen molar-refractivity contribution in [3.63, 3.8) is 0 Å². The largest absolute Gasteiger partial charge is 0.504 e. The van der Waals surface area contributed by atoms with Gasteiger partial charge in [0.1, 0.15) is 6.10 Å². The Bertz CT molecular complexity index is 1280. The number of benzene rings is 2. The molecular formula is C28H30N2O5. The molecule has 2 aromatic carbocycles. The molecule has 2 aromatic rings. The Morgan fingerprint density at radius 2 is 1.91 bits per heavy atom. The number of aromatic hydroxyl groups is 1. The van der Waals surface area contributed by atoms with Gasteiger partial charge in [-0.3, -0.25) is 9.69 Å². The van der Waals surface area contributed by atoms with Crippen molar-refractivity contribution in [2.45, 2.75) is 74.0 Å². The fourth-order valence-electron chi connectivity index (χ4n) is 8.39. The van der Waals surface area contributed by atoms with E-state index in [2.05, 4.69) is 4.90 Å². The molecule has 6 atom stereocenters. The molecule has 2 bridgehead atoms. The third-order valence-electron chi connectivity index (χ3n) is 10.1. The predicted molar refractivity (Wildman–Crippen MR) is 126 cm³/mol. The number of phenolic OH excluding ortho intramolecular Hbond substituents is 1. The molecule has 0 aromatic heterocycles. The smallest absolute Gasteiger partial charge is 0.256 e. The van der Waals surface area contributed by atoms with Gasteiger partial charge < -0.3 is 25.0 Å². The van der Waals surface area contributed by atoms with Crippen molar-refractivity contribution in [2.75, 3.05) is 13.1 Å². The van der Waals surface area contributed by atoms with Gasteiger partial charge in [-0.2, -0.15) is 0 Å². The summed E-state index contributed by atoms with van der Waals surface area (Å²) in [5, 5.41) is 34.7. The number of hydrogen-bond acceptors (Lipinski definition) is 6. The minimum Gasteiger partial charge on any atom is -0.504 e. The molecule has 3 aliphatic carbocycles. The number of phenols is 1. The number of hydrogen-bond donors (Lipinski definition) is 3. The van der Waals surface area contributed by atoms with Crippen molar-refractivity contribution in [1.29, 1.82) is 0 Å². The first kappa shape index (κ1) is 20.6. The first-order chi connectivity index (χ1) is 16.9. The van der Waals surface area contributed by atoms with Crippen LogP contribution in [-0.2, 0) is 11.8 Å². The van der Waals surface area contributed by atoms with Crippen LogP contribution in [0.1, 0.15) is 65.4 Å². The standard InChI is InChI=1S/C28H30N2O5/c31-20-8-7-16-13-21-28(34)10-9-19(30-25(32)17-3-1-2-4-18(17)26(30)33)24-27(28,22(16)23(20)35-24)11-12-29(21)14-15-5-6-15/h1-4,7-8,15,19,21,24-25,31-32,34H,5-6,9-14H2/t19?,21-,24?,25?,27+,28-/m1/s1. The van der Waals surface area contributed by atoms with Crippen LogP contribution in [0, 0.1) is 5.92 Å². The molecule has 1 saturated heterocycles. The SMILES string of the molecule is O=C1c2ccccc2C(O)N1C1CC[C@@]2(O)[C@H]3Cc4ccc(O)c5c4[C@@]2(CCN3CC2CC2)C1O5. The van der Waals surface area contributed by atoms with Gasteiger partial charge >= 0.3 is 0 Å². The van der Waals surface area contributed by atoms with E-state index in [1.807, 2.05) is 18.2 Å². The van der Waals surface area contributed by atoms with E-state index in [4.69, 9.17) is 4.74 Å². The lowest BCUT2D eigenvalue weighted by Gasteiger charge is -2.64. The quantitative estimate of drug-likeness (QED) is 0.633. The summed E-state index contributed by atoms with van der Waals surface area (Å²) in [6.07, 6.45) is 3.49. The number of ether oxygens (including phenoxy) is 1. The summed E-state index contributed by atoms with van der Waals surface area (Å²) in [7, 11) is 0. The normalized spacial score (nSPS) is 38.8. The number of aliphatic hydroxyl groups is 2. The molecule has 0 radical (unpaired) electrons. The molecule has 2 saturated carbocycles. The lowest BCUT2D eigenvalue weighted by atomic mass is 9.48. The van der Waals surface area contributed by atoms with Crippen molar-refractivity contribution in [3.8, 4) is 11.5 Å². The van der Waals surface area contributed by atoms with Gasteiger partial charge in [-0.1, -0.05) is 24.3 Å². The number of likely N-dealkylation sites (tertiary alicyclic amines) is 1. The summed E-state index contributed by atoms with van der Waals surface area (Å²) >= 11 is 0. The number of aliphatic hydroxyl groups excluding tert-OH is 1. The van der Waals surface area contributed by atoms with Gasteiger partial charge in [-0.05, 0) is 68.7 Å². The molecule has 3 unspecified atom stereocenters. The monoisotopic (exact) mass is 474 g/mol. The molecule has 1 spiro atoms. The highest BCUT2D eigenvalue weighted by molar-refractivity contribution is 5.99. The number of amides is 1. The van der Waals surface area contributed by atoms with Crippen molar-refractivity contribution in [2.24, 2.45) is 5.92 Å². The molecule has 3 fully saturated rings. The maximum Gasteiger partial charge on any atom is 0.256 e. The predicted octanol–water partition coefficient (Wildman–Crippen LogP) is 2.47. The van der Waals surface area contributed by atoms with Crippen LogP contribution < -0.4 is 4.74 Å². The van der Waals surface area contributed by atoms with E-state index in [1.54, 1.807) is 23.1 Å². The molecule has 1 amide bonds. The van der Waals surface area contributed by atoms with E-state index in [-0.39, 0.29) is 17.7 Å². The zero-order valence-corrected chi connectivity index (χ0v) is 19.6. The van der Waals surface area contributed by atoms with E-state index in [0.717, 1.165) is 36.6 Å². The second-order valence-corrected chi connectivity index (χ2v) is 11.6. The van der Waals surface area contributed by atoms with Crippen LogP contribution in [0.2, 0.25) is 0 Å². The Hall–Kier alpha value is -2.61. The minimum absolute atomic E-state index is 0.0108. The number of piperidine rings is 1. The molecule has 6 aliphatic rings. The second-order valence-electron chi connectivity index (χ2n) is 11.6. The first-order valence-electron chi connectivity index (χ1n) is 13.0. The lowest BCUT2D eigenvalue weighted by Crippen LogP contribution is -2.78. The van der Waals surface area contributed by atoms with E-state index < -0.39 is 29.4 Å². The van der Waals surface area contributed by atoms with Crippen LogP contribution in [0.3, 0.4) is 0 Å². The van der Waals surface area contributed by atoms with Crippen molar-refractivity contribution >= 4 is 5.91 Å². The minimum atomic E-state index is -1.04. The highest BCUT2D eigenvalue weighted by atomic mass is 16.5. The lowest BCUT2D eigenvalue weighted by molar-refractivity contribution is -0.204. The van der Waals surface area contributed by atoms with Crippen LogP contribution in [0.15, 0.2) is 36.4 Å². The molecule has 7 heteroatoms. The highest BCUT2D eigenvalue weighted by Crippen LogP contribution is 2.66. The molecule has 3 aliphatic heterocycles. The topological polar surface area (TPSA) is 93.5 Å². The average Bonchev–Trinajstić information content (AvgIpc) is 3.54. The number of fused-ring (bicyclic) bond motifs is 1. The maximum absolute atomic E-state index is 13.5. The highest BCUT2D eigenvalue weighted by Gasteiger charge is 2.74. The molecule has 35 heavy (non-hydrogen) atoms. The van der Waals surface area contributed by atoms with Gasteiger partial charge in [0.25, 0.3) is 5.91 Å². The van der Waals surface area contributed by atoms with Crippen LogP contribution in [0.5, 0.6) is 11.5 Å². The summed E-state index contributed by atoms with van der Waals surface area (Å²) in [6, 6.07) is 10.5. The fourth-order valence-corrected chi connectivity index (χ4v) is 8.39. The van der Waals surface area contributed by atoms with Crippen molar-refractivity contribution in [3.05, 3.63) is 58.7 Å². The van der Waals surface area contributed by atoms with Gasteiger partial charge in [-0.15, -0.1) is 0 Å². The summed E-state index contributed by atoms with van der Waals surface area (Å²) in [4.78, 5) is 17.6. The summed E-state index contributed by atoms with van der Waals surface area (Å²) in [6.45, 7) is 1.89. The summed E-state index contributed by atoms with van der Waals surface area (Å²) in [5.41, 5.74) is 1.50. The summed E-state index contributed by atoms with van der Waals surface area (Å²) in [5.74, 6) is 1.09. The molecule has 3 heterocycles. The van der Waals surface area contributed by atoms with Crippen LogP contribution >= 0.6 is 0 Å². The third-order valence-corrected chi connectivity index (χ3v) is 10.1. The number of carbonyl (C=O) groups is 1. The Balaban J connectivity index is 1.27. The van der Waals surface area contributed by atoms with Gasteiger partial charge in [0, 0.05) is 29.3 Å². The molecule has 8 rings (SSSR count). The van der Waals surface area contributed by atoms with Gasteiger partial charge in [0.2, 0.25) is 0 Å². The maximum atomic E-state index is 13.5. The number of carbonyl (C=O) groups excluding carboxylic acids is 1. The van der Waals surface area contributed by atoms with Gasteiger partial charge in [-0.25, -0.2) is 0 Å². The summed E-state index contributed by atoms with van der Waals surface area (Å²) < 4.78 is 6.59. The molecule has 3 N–H and O–H groups in total. The van der Waals surface area contributed by atoms with E-state index in [1.165, 1.54) is 12.8 Å². The second kappa shape index (κ2) is 6.58. The third kappa shape index (κ3) is 2.35. The van der Waals surface area contributed by atoms with Gasteiger partial charge in [0.05, 0.1) is 17.1 Å². The average molecular weight is 475 g/mol. The van der Waals surface area contributed by atoms with E-state index in [0.29, 0.717) is 36.1 Å². The number of rotatable bonds is 3. The Morgan fingerprint density at radius 3 is 2.71 bits per heavy atom. The van der Waals surface area contributed by atoms with Crippen molar-refractivity contribution in [1.82, 2.24) is 9.80 Å². The van der Waals surface area contributed by atoms with Crippen LogP contribution in [0.4, 0.5) is 0 Å². The first-order valence-corrected chi connectivity index (χ1v) is 13.0.